The molecule has 0 saturated carbocycles. The maximum atomic E-state index is 6.39. The molecular weight excluding hydrogens is 380 g/mol. The van der Waals surface area contributed by atoms with Gasteiger partial charge in [0.1, 0.15) is 6.34 Å². The smallest absolute Gasteiger partial charge is 0.206 e. The summed E-state index contributed by atoms with van der Waals surface area (Å²) in [4.78, 5) is 4.12. The molecule has 7 N–H and O–H groups in total. The molecule has 1 aliphatic heterocycles. The maximum absolute atomic E-state index is 6.39. The standard InChI is InChI=1S/C14H10Cl4N4.H3N/c15-9-2-1-7(3-10(9)16)13-11(17)4-8(5-12(13)18)14(19)20-6-21-22-14;/h1-6,22H,19H2,(H,20,21);1H3. The van der Waals surface area contributed by atoms with E-state index in [1.165, 1.54) is 6.34 Å². The summed E-state index contributed by atoms with van der Waals surface area (Å²) in [5.74, 6) is -1.11. The molecular formula is C14H13Cl4N5. The Bertz CT molecular complexity index is 757. The number of aliphatic imine (C=N–C) groups is 1. The van der Waals surface area contributed by atoms with E-state index >= 15 is 0 Å². The van der Waals surface area contributed by atoms with Crippen molar-refractivity contribution < 1.29 is 0 Å². The fourth-order valence-electron chi connectivity index (χ4n) is 2.18. The van der Waals surface area contributed by atoms with Gasteiger partial charge in [-0.1, -0.05) is 52.5 Å². The van der Waals surface area contributed by atoms with Crippen LogP contribution in [0, 0.1) is 0 Å². The van der Waals surface area contributed by atoms with E-state index in [9.17, 15) is 0 Å². The molecule has 1 heterocycles. The van der Waals surface area contributed by atoms with Crippen LogP contribution in [0.15, 0.2) is 35.3 Å². The summed E-state index contributed by atoms with van der Waals surface area (Å²) in [6.07, 6.45) is 1.47. The van der Waals surface area contributed by atoms with Crippen LogP contribution in [-0.2, 0) is 5.79 Å². The maximum Gasteiger partial charge on any atom is 0.206 e. The van der Waals surface area contributed by atoms with Crippen molar-refractivity contribution in [2.24, 2.45) is 10.7 Å². The van der Waals surface area contributed by atoms with Gasteiger partial charge < -0.3 is 11.6 Å². The SMILES string of the molecule is N.NC1(c2cc(Cl)c(-c3ccc(Cl)c(Cl)c3)c(Cl)c2)N=CNN1. The van der Waals surface area contributed by atoms with Crippen molar-refractivity contribution in [1.82, 2.24) is 17.0 Å². The number of nitrogens with zero attached hydrogens (tertiary/aromatic N) is 1. The lowest BCUT2D eigenvalue weighted by molar-refractivity contribution is 0.375. The first-order chi connectivity index (χ1) is 10.4. The fourth-order valence-corrected chi connectivity index (χ4v) is 3.18. The molecule has 5 nitrogen and oxygen atoms in total. The molecule has 0 saturated heterocycles. The third-order valence-corrected chi connectivity index (χ3v) is 4.62. The molecule has 122 valence electrons. The van der Waals surface area contributed by atoms with Gasteiger partial charge >= 0.3 is 0 Å². The van der Waals surface area contributed by atoms with Gasteiger partial charge in [-0.15, -0.1) is 0 Å². The highest BCUT2D eigenvalue weighted by molar-refractivity contribution is 6.42. The molecule has 0 aromatic heterocycles. The first-order valence-corrected chi connectivity index (χ1v) is 7.72. The Morgan fingerprint density at radius 2 is 1.57 bits per heavy atom. The van der Waals surface area contributed by atoms with Gasteiger partial charge in [-0.25, -0.2) is 4.99 Å². The molecule has 9 heteroatoms. The quantitative estimate of drug-likeness (QED) is 0.611. The molecule has 0 radical (unpaired) electrons. The molecule has 0 amide bonds. The Hall–Kier alpha value is -1.05. The zero-order valence-corrected chi connectivity index (χ0v) is 14.7. The van der Waals surface area contributed by atoms with Crippen LogP contribution in [0.4, 0.5) is 0 Å². The van der Waals surface area contributed by atoms with Crippen molar-refractivity contribution in [3.8, 4) is 11.1 Å². The first-order valence-electron chi connectivity index (χ1n) is 6.21. The van der Waals surface area contributed by atoms with Crippen molar-refractivity contribution in [2.45, 2.75) is 5.79 Å². The Morgan fingerprint density at radius 1 is 0.913 bits per heavy atom. The molecule has 3 rings (SSSR count). The monoisotopic (exact) mass is 391 g/mol. The normalized spacial score (nSPS) is 19.3. The Balaban J connectivity index is 0.00000192. The highest BCUT2D eigenvalue weighted by Gasteiger charge is 2.30. The summed E-state index contributed by atoms with van der Waals surface area (Å²) in [7, 11) is 0. The van der Waals surface area contributed by atoms with E-state index in [1.54, 1.807) is 30.3 Å². The molecule has 0 fully saturated rings. The number of hydrazine groups is 1. The number of benzene rings is 2. The van der Waals surface area contributed by atoms with E-state index in [0.717, 1.165) is 5.56 Å². The fraction of sp³-hybridized carbons (Fsp3) is 0.0714. The van der Waals surface area contributed by atoms with Crippen LogP contribution < -0.4 is 22.7 Å². The minimum atomic E-state index is -1.11. The number of hydrogen-bond donors (Lipinski definition) is 4. The van der Waals surface area contributed by atoms with Crippen LogP contribution >= 0.6 is 46.4 Å². The summed E-state index contributed by atoms with van der Waals surface area (Å²) < 4.78 is 0. The minimum absolute atomic E-state index is 0. The van der Waals surface area contributed by atoms with Crippen molar-refractivity contribution in [2.75, 3.05) is 0 Å². The van der Waals surface area contributed by atoms with Crippen molar-refractivity contribution in [3.05, 3.63) is 56.0 Å². The Labute approximate surface area is 153 Å². The molecule has 2 aromatic carbocycles. The average molecular weight is 393 g/mol. The summed E-state index contributed by atoms with van der Waals surface area (Å²) in [5.41, 5.74) is 13.7. The van der Waals surface area contributed by atoms with Gasteiger partial charge in [-0.2, -0.15) is 5.43 Å². The molecule has 0 aliphatic carbocycles. The van der Waals surface area contributed by atoms with Crippen LogP contribution in [-0.4, -0.2) is 6.34 Å². The Morgan fingerprint density at radius 3 is 2.09 bits per heavy atom. The van der Waals surface area contributed by atoms with Crippen LogP contribution in [0.5, 0.6) is 0 Å². The number of nitrogens with two attached hydrogens (primary N) is 1. The van der Waals surface area contributed by atoms with Crippen molar-refractivity contribution in [1.29, 1.82) is 0 Å². The molecule has 1 unspecified atom stereocenters. The molecule has 0 bridgehead atoms. The largest absolute Gasteiger partial charge is 0.344 e. The second-order valence-electron chi connectivity index (χ2n) is 4.74. The molecule has 1 atom stereocenters. The summed E-state index contributed by atoms with van der Waals surface area (Å²) in [6, 6.07) is 8.62. The van der Waals surface area contributed by atoms with Gasteiger partial charge in [-0.05, 0) is 29.8 Å². The van der Waals surface area contributed by atoms with Gasteiger partial charge in [0, 0.05) is 11.1 Å². The van der Waals surface area contributed by atoms with E-state index in [1.807, 2.05) is 0 Å². The van der Waals surface area contributed by atoms with E-state index < -0.39 is 5.79 Å². The third-order valence-electron chi connectivity index (χ3n) is 3.29. The van der Waals surface area contributed by atoms with Gasteiger partial charge in [0.2, 0.25) is 5.79 Å². The third kappa shape index (κ3) is 3.41. The predicted octanol–water partition coefficient (Wildman–Crippen LogP) is 4.33. The van der Waals surface area contributed by atoms with Crippen molar-refractivity contribution in [3.63, 3.8) is 0 Å². The highest BCUT2D eigenvalue weighted by Crippen LogP contribution is 2.39. The molecule has 23 heavy (non-hydrogen) atoms. The topological polar surface area (TPSA) is 97.4 Å². The van der Waals surface area contributed by atoms with E-state index in [0.29, 0.717) is 31.2 Å². The molecule has 0 spiro atoms. The van der Waals surface area contributed by atoms with E-state index in [2.05, 4.69) is 15.8 Å². The minimum Gasteiger partial charge on any atom is -0.344 e. The number of nitrogens with one attached hydrogen (secondary N) is 2. The Kier molecular flexibility index (Phi) is 5.43. The van der Waals surface area contributed by atoms with E-state index in [4.69, 9.17) is 52.1 Å². The zero-order valence-electron chi connectivity index (χ0n) is 11.7. The molecule has 1 aliphatic rings. The van der Waals surface area contributed by atoms with Gasteiger partial charge in [-0.3, -0.25) is 5.73 Å². The van der Waals surface area contributed by atoms with Crippen LogP contribution in [0.1, 0.15) is 5.56 Å². The lowest BCUT2D eigenvalue weighted by atomic mass is 10.0. The second-order valence-corrected chi connectivity index (χ2v) is 6.37. The lowest BCUT2D eigenvalue weighted by Gasteiger charge is -2.22. The van der Waals surface area contributed by atoms with E-state index in [-0.39, 0.29) is 6.15 Å². The number of hydrogen-bond acceptors (Lipinski definition) is 5. The average Bonchev–Trinajstić information content (AvgIpc) is 2.90. The van der Waals surface area contributed by atoms with Crippen LogP contribution in [0.25, 0.3) is 11.1 Å². The van der Waals surface area contributed by atoms with Gasteiger partial charge in [0.15, 0.2) is 0 Å². The van der Waals surface area contributed by atoms with Gasteiger partial charge in [0.05, 0.1) is 20.1 Å². The lowest BCUT2D eigenvalue weighted by Crippen LogP contribution is -2.49. The number of halogens is 4. The van der Waals surface area contributed by atoms with Crippen LogP contribution in [0.2, 0.25) is 20.1 Å². The van der Waals surface area contributed by atoms with Crippen LogP contribution in [0.3, 0.4) is 0 Å². The summed E-state index contributed by atoms with van der Waals surface area (Å²) in [6.45, 7) is 0. The number of rotatable bonds is 2. The first kappa shape index (κ1) is 18.3. The second kappa shape index (κ2) is 6.83. The van der Waals surface area contributed by atoms with Gasteiger partial charge in [0.25, 0.3) is 0 Å². The highest BCUT2D eigenvalue weighted by atomic mass is 35.5. The zero-order chi connectivity index (χ0) is 15.9. The molecule has 2 aromatic rings. The summed E-state index contributed by atoms with van der Waals surface area (Å²) in [5, 5.41) is 1.77. The predicted molar refractivity (Wildman–Crippen MR) is 97.6 cm³/mol. The van der Waals surface area contributed by atoms with Crippen molar-refractivity contribution >= 4 is 52.7 Å². The summed E-state index contributed by atoms with van der Waals surface area (Å²) >= 11 is 24.8.